The Morgan fingerprint density at radius 2 is 1.58 bits per heavy atom. The number of carbonyl (C=O) groups excluding carboxylic acids is 2. The van der Waals surface area contributed by atoms with Gasteiger partial charge in [-0.15, -0.1) is 6.58 Å². The zero-order valence-electron chi connectivity index (χ0n) is 37.8. The number of alkyl halides is 8. The molecule has 5 aromatic rings. The lowest BCUT2D eigenvalue weighted by atomic mass is 9.93. The molecule has 0 fully saturated rings. The topological polar surface area (TPSA) is 204 Å². The summed E-state index contributed by atoms with van der Waals surface area (Å²) in [6.07, 6.45) is -9.72. The number of hydrogen-bond acceptors (Lipinski definition) is 10. The number of carboxylic acids is 1. The van der Waals surface area contributed by atoms with Crippen LogP contribution in [0.2, 0.25) is 5.02 Å². The fraction of sp³-hybridized carbons (Fsp3) is 0.364. The Morgan fingerprint density at radius 3 is 2.14 bits per heavy atom. The molecule has 1 aliphatic carbocycles. The van der Waals surface area contributed by atoms with E-state index in [1.807, 2.05) is 0 Å². The fourth-order valence-electron chi connectivity index (χ4n) is 8.02. The van der Waals surface area contributed by atoms with Crippen LogP contribution >= 0.6 is 11.6 Å². The monoisotopic (exact) mass is 1080 g/mol. The zero-order chi connectivity index (χ0) is 53.8. The van der Waals surface area contributed by atoms with E-state index in [-0.39, 0.29) is 61.0 Å². The first-order chi connectivity index (χ1) is 33.0. The third kappa shape index (κ3) is 11.6. The SMILES string of the molecule is C=C[C@@H]1Cc2c(C(F)(F)F)nn(CC(=O)N[C@@H](Cc3cc(F)cc(F)c3)c3nc(CCC(C)(C)S(C)(=O)=O)ccc3-c3ccc(Cl)c4c(N(C(=O)/C=C/C(=O)O)S(C)(=O)=O)nn(CC(F)(F)F)c34)c2C1(F)F. The lowest BCUT2D eigenvalue weighted by Crippen LogP contribution is -2.35. The molecule has 1 aliphatic rings. The highest BCUT2D eigenvalue weighted by Crippen LogP contribution is 2.50. The molecule has 15 nitrogen and oxygen atoms in total. The number of carbonyl (C=O) groups is 3. The van der Waals surface area contributed by atoms with Gasteiger partial charge < -0.3 is 10.4 Å². The van der Waals surface area contributed by atoms with Crippen LogP contribution in [0.15, 0.2) is 67.3 Å². The van der Waals surface area contributed by atoms with Crippen molar-refractivity contribution in [2.45, 2.75) is 81.7 Å². The van der Waals surface area contributed by atoms with Crippen molar-refractivity contribution in [3.63, 3.8) is 0 Å². The molecule has 0 spiro atoms. The second-order valence-corrected chi connectivity index (χ2v) is 22.2. The van der Waals surface area contributed by atoms with Crippen LogP contribution in [0.3, 0.4) is 0 Å². The van der Waals surface area contributed by atoms with Crippen molar-refractivity contribution < 1.29 is 80.2 Å². The molecule has 72 heavy (non-hydrogen) atoms. The van der Waals surface area contributed by atoms with E-state index in [0.29, 0.717) is 12.3 Å². The van der Waals surface area contributed by atoms with Gasteiger partial charge in [0.05, 0.1) is 44.6 Å². The van der Waals surface area contributed by atoms with Crippen LogP contribution in [0.25, 0.3) is 22.0 Å². The Hall–Kier alpha value is -6.35. The summed E-state index contributed by atoms with van der Waals surface area (Å²) in [5.41, 5.74) is -5.93. The summed E-state index contributed by atoms with van der Waals surface area (Å²) in [6.45, 7) is 2.68. The minimum absolute atomic E-state index is 0.0127. The summed E-state index contributed by atoms with van der Waals surface area (Å²) in [6, 6.07) is 4.86. The Morgan fingerprint density at radius 1 is 0.958 bits per heavy atom. The van der Waals surface area contributed by atoms with E-state index < -0.39 is 155 Å². The number of benzene rings is 2. The lowest BCUT2D eigenvalue weighted by molar-refractivity contribution is -0.143. The third-order valence-electron chi connectivity index (χ3n) is 11.6. The highest BCUT2D eigenvalue weighted by molar-refractivity contribution is 7.93. The highest BCUT2D eigenvalue weighted by atomic mass is 35.5. The van der Waals surface area contributed by atoms with Gasteiger partial charge in [0.1, 0.15) is 30.4 Å². The number of aliphatic carboxylic acids is 1. The molecule has 0 aliphatic heterocycles. The molecule has 3 heterocycles. The number of nitrogens with one attached hydrogen (secondary N) is 1. The molecule has 2 amide bonds. The summed E-state index contributed by atoms with van der Waals surface area (Å²) in [4.78, 5) is 43.5. The van der Waals surface area contributed by atoms with Crippen LogP contribution in [0, 0.1) is 17.6 Å². The summed E-state index contributed by atoms with van der Waals surface area (Å²) >= 11 is 6.56. The number of sulfonamides is 1. The number of pyridine rings is 1. The number of anilines is 1. The van der Waals surface area contributed by atoms with E-state index in [2.05, 4.69) is 27.1 Å². The molecule has 2 N–H and O–H groups in total. The normalized spacial score (nSPS) is 15.7. The third-order valence-corrected chi connectivity index (χ3v) is 15.2. The van der Waals surface area contributed by atoms with E-state index in [1.165, 1.54) is 26.0 Å². The molecule has 0 bridgehead atoms. The van der Waals surface area contributed by atoms with Crippen molar-refractivity contribution in [2.75, 3.05) is 16.8 Å². The fourth-order valence-corrected chi connectivity index (χ4v) is 9.56. The number of nitrogens with zero attached hydrogens (tertiary/aromatic N) is 6. The number of rotatable bonds is 17. The van der Waals surface area contributed by atoms with Gasteiger partial charge in [0.25, 0.3) is 11.8 Å². The Kier molecular flexibility index (Phi) is 15.0. The number of allylic oxidation sites excluding steroid dienone is 1. The summed E-state index contributed by atoms with van der Waals surface area (Å²) in [7, 11) is -8.66. The van der Waals surface area contributed by atoms with Gasteiger partial charge in [-0.25, -0.2) is 30.4 Å². The van der Waals surface area contributed by atoms with Gasteiger partial charge in [-0.3, -0.25) is 23.9 Å². The van der Waals surface area contributed by atoms with Gasteiger partial charge in [-0.05, 0) is 69.4 Å². The van der Waals surface area contributed by atoms with Gasteiger partial charge in [0, 0.05) is 46.9 Å². The first kappa shape index (κ1) is 55.0. The van der Waals surface area contributed by atoms with Crippen LogP contribution in [-0.4, -0.2) is 87.7 Å². The molecule has 0 unspecified atom stereocenters. The highest BCUT2D eigenvalue weighted by Gasteiger charge is 2.55. The lowest BCUT2D eigenvalue weighted by Gasteiger charge is -2.25. The molecule has 28 heteroatoms. The van der Waals surface area contributed by atoms with Crippen molar-refractivity contribution in [3.8, 4) is 11.1 Å². The average molecular weight is 1080 g/mol. The Bertz CT molecular complexity index is 3260. The number of sulfone groups is 1. The van der Waals surface area contributed by atoms with Crippen LogP contribution < -0.4 is 9.62 Å². The van der Waals surface area contributed by atoms with E-state index in [9.17, 15) is 66.3 Å². The van der Waals surface area contributed by atoms with Crippen LogP contribution in [0.4, 0.5) is 49.7 Å². The first-order valence-electron chi connectivity index (χ1n) is 20.9. The number of amides is 2. The molecule has 2 aromatic carbocycles. The quantitative estimate of drug-likeness (QED) is 0.0518. The van der Waals surface area contributed by atoms with Crippen molar-refractivity contribution >= 4 is 66.0 Å². The van der Waals surface area contributed by atoms with Gasteiger partial charge >= 0.3 is 18.3 Å². The number of carboxylic acid groups (broad SMARTS) is 1. The minimum Gasteiger partial charge on any atom is -0.478 e. The van der Waals surface area contributed by atoms with E-state index >= 15 is 8.78 Å². The maximum absolute atomic E-state index is 15.7. The minimum atomic E-state index is -5.28. The predicted molar refractivity (Wildman–Crippen MR) is 240 cm³/mol. The van der Waals surface area contributed by atoms with Crippen molar-refractivity contribution in [3.05, 3.63) is 118 Å². The number of fused-ring (bicyclic) bond motifs is 2. The van der Waals surface area contributed by atoms with Crippen LogP contribution in [-0.2, 0) is 78.7 Å². The van der Waals surface area contributed by atoms with Crippen molar-refractivity contribution in [1.82, 2.24) is 29.9 Å². The summed E-state index contributed by atoms with van der Waals surface area (Å²) in [5.74, 6) is -14.0. The van der Waals surface area contributed by atoms with E-state index in [1.54, 1.807) is 0 Å². The van der Waals surface area contributed by atoms with E-state index in [0.717, 1.165) is 36.6 Å². The number of halogens is 11. The van der Waals surface area contributed by atoms with Crippen molar-refractivity contribution in [2.24, 2.45) is 5.92 Å². The molecule has 0 saturated heterocycles. The number of aromatic nitrogens is 5. The maximum atomic E-state index is 15.7. The Balaban J connectivity index is 1.64. The molecule has 0 radical (unpaired) electrons. The second kappa shape index (κ2) is 19.6. The second-order valence-electron chi connectivity index (χ2n) is 17.3. The summed E-state index contributed by atoms with van der Waals surface area (Å²) in [5, 5.41) is 17.5. The van der Waals surface area contributed by atoms with E-state index in [4.69, 9.17) is 16.7 Å². The Labute approximate surface area is 408 Å². The largest absolute Gasteiger partial charge is 0.478 e. The maximum Gasteiger partial charge on any atom is 0.435 e. The standard InChI is InChI=1S/C44H40ClF10N7O8S2/c1-6-23-18-29-38(44(53,54)55)58-60(39(29)43(23,51)52)20-32(63)57-31(17-22-15-24(46)19-25(47)16-22)36-27(8-7-26(56-36)13-14-41(2,3)71(4,67)68)28-9-10-30(45)35-37(28)61(21-42(48,49)50)59-40(35)62(72(5,69)70)33(64)11-12-34(65)66/h6-12,15-16,19,23,31H,1,13-14,17-18,20-21H2,2-5H3,(H,57,63)(H,65,66)/b12-11+/t23-,31+/m1/s1. The zero-order valence-corrected chi connectivity index (χ0v) is 40.2. The molecular weight excluding hydrogens is 1040 g/mol. The molecule has 388 valence electrons. The molecule has 2 atom stereocenters. The average Bonchev–Trinajstić information content (AvgIpc) is 3.86. The first-order valence-corrected chi connectivity index (χ1v) is 25.0. The van der Waals surface area contributed by atoms with Gasteiger partial charge in [-0.1, -0.05) is 29.8 Å². The van der Waals surface area contributed by atoms with Crippen LogP contribution in [0.1, 0.15) is 60.2 Å². The van der Waals surface area contributed by atoms with Gasteiger partial charge in [0.2, 0.25) is 15.9 Å². The van der Waals surface area contributed by atoms with Gasteiger partial charge in [-0.2, -0.15) is 49.6 Å². The molecule has 6 rings (SSSR count). The smallest absolute Gasteiger partial charge is 0.435 e. The number of aryl methyl sites for hydroxylation is 1. The van der Waals surface area contributed by atoms with Crippen molar-refractivity contribution in [1.29, 1.82) is 0 Å². The summed E-state index contributed by atoms with van der Waals surface area (Å²) < 4.78 is 198. The molecule has 0 saturated carbocycles. The van der Waals surface area contributed by atoms with Crippen LogP contribution in [0.5, 0.6) is 0 Å². The number of hydrogen-bond donors (Lipinski definition) is 2. The molecule has 3 aromatic heterocycles. The molecular formula is C44H40ClF10N7O8S2. The van der Waals surface area contributed by atoms with Gasteiger partial charge in [0.15, 0.2) is 21.3 Å². The predicted octanol–water partition coefficient (Wildman–Crippen LogP) is 8.05.